The zero-order valence-electron chi connectivity index (χ0n) is 11.4. The van der Waals surface area contributed by atoms with E-state index in [4.69, 9.17) is 15.7 Å². The molecule has 0 saturated heterocycles. The van der Waals surface area contributed by atoms with Gasteiger partial charge in [-0.15, -0.1) is 5.10 Å². The molecule has 3 N–H and O–H groups in total. The van der Waals surface area contributed by atoms with Crippen molar-refractivity contribution >= 4 is 5.84 Å². The van der Waals surface area contributed by atoms with Crippen LogP contribution >= 0.6 is 0 Å². The van der Waals surface area contributed by atoms with Crippen LogP contribution in [-0.4, -0.2) is 27.8 Å². The Morgan fingerprint density at radius 2 is 2.11 bits per heavy atom. The number of ether oxygens (including phenoxy) is 1. The van der Waals surface area contributed by atoms with Gasteiger partial charge in [-0.1, -0.05) is 19.0 Å². The van der Waals surface area contributed by atoms with E-state index in [0.29, 0.717) is 24.0 Å². The number of aryl methyl sites for hydroxylation is 1. The van der Waals surface area contributed by atoms with Gasteiger partial charge in [0.15, 0.2) is 5.84 Å². The molecule has 0 bridgehead atoms. The van der Waals surface area contributed by atoms with Crippen molar-refractivity contribution in [3.63, 3.8) is 0 Å². The van der Waals surface area contributed by atoms with Crippen molar-refractivity contribution in [2.24, 2.45) is 16.8 Å². The van der Waals surface area contributed by atoms with Gasteiger partial charge in [-0.2, -0.15) is 5.10 Å². The Kier molecular flexibility index (Phi) is 4.19. The Labute approximate surface area is 112 Å². The Morgan fingerprint density at radius 3 is 2.63 bits per heavy atom. The molecule has 1 heterocycles. The first-order valence-corrected chi connectivity index (χ1v) is 6.70. The summed E-state index contributed by atoms with van der Waals surface area (Å²) in [5.74, 6) is 1.02. The fraction of sp³-hybridized carbons (Fsp3) is 0.615. The van der Waals surface area contributed by atoms with E-state index in [1.165, 1.54) is 12.8 Å². The topological polar surface area (TPSA) is 93.6 Å². The number of rotatable bonds is 6. The zero-order valence-corrected chi connectivity index (χ0v) is 11.4. The highest BCUT2D eigenvalue weighted by atomic mass is 16.5. The van der Waals surface area contributed by atoms with Crippen molar-refractivity contribution in [3.8, 4) is 5.88 Å². The van der Waals surface area contributed by atoms with Crippen LogP contribution in [0.3, 0.4) is 0 Å². The normalized spacial score (nSPS) is 15.6. The Bertz CT molecular complexity index is 484. The largest absolute Gasteiger partial charge is 0.476 e. The third kappa shape index (κ3) is 2.94. The minimum atomic E-state index is 0.0345. The summed E-state index contributed by atoms with van der Waals surface area (Å²) in [5.41, 5.74) is 8.16. The van der Waals surface area contributed by atoms with Gasteiger partial charge in [-0.05, 0) is 37.2 Å². The van der Waals surface area contributed by atoms with Gasteiger partial charge in [0.1, 0.15) is 0 Å². The number of nitrogens with two attached hydrogens (primary N) is 1. The Hall–Kier alpha value is -1.85. The lowest BCUT2D eigenvalue weighted by Gasteiger charge is -2.14. The Balaban J connectivity index is 2.39. The van der Waals surface area contributed by atoms with Crippen LogP contribution in [0, 0.1) is 5.92 Å². The maximum Gasteiger partial charge on any atom is 0.244 e. The number of aromatic nitrogens is 2. The molecule has 1 aromatic rings. The number of nitrogens with zero attached hydrogens (tertiary/aromatic N) is 3. The highest BCUT2D eigenvalue weighted by Crippen LogP contribution is 2.30. The molecule has 0 radical (unpaired) electrons. The smallest absolute Gasteiger partial charge is 0.244 e. The van der Waals surface area contributed by atoms with Crippen LogP contribution in [0.25, 0.3) is 0 Å². The van der Waals surface area contributed by atoms with Crippen molar-refractivity contribution in [1.82, 2.24) is 10.2 Å². The molecule has 0 aliphatic heterocycles. The van der Waals surface area contributed by atoms with Gasteiger partial charge in [-0.3, -0.25) is 0 Å². The molecule has 19 heavy (non-hydrogen) atoms. The van der Waals surface area contributed by atoms with E-state index in [2.05, 4.69) is 15.4 Å². The summed E-state index contributed by atoms with van der Waals surface area (Å²) in [6.45, 7) is 4.63. The lowest BCUT2D eigenvalue weighted by Crippen LogP contribution is -2.21. The third-order valence-corrected chi connectivity index (χ3v) is 3.33. The van der Waals surface area contributed by atoms with E-state index in [1.54, 1.807) is 0 Å². The molecule has 1 aliphatic carbocycles. The molecule has 0 unspecified atom stereocenters. The minimum Gasteiger partial charge on any atom is -0.476 e. The summed E-state index contributed by atoms with van der Waals surface area (Å²) in [6.07, 6.45) is 3.88. The maximum absolute atomic E-state index is 8.95. The fourth-order valence-corrected chi connectivity index (χ4v) is 2.05. The average molecular weight is 264 g/mol. The van der Waals surface area contributed by atoms with Crippen molar-refractivity contribution in [1.29, 1.82) is 0 Å². The van der Waals surface area contributed by atoms with Gasteiger partial charge < -0.3 is 15.7 Å². The third-order valence-electron chi connectivity index (χ3n) is 3.33. The van der Waals surface area contributed by atoms with Crippen LogP contribution in [-0.2, 0) is 12.8 Å². The van der Waals surface area contributed by atoms with Crippen molar-refractivity contribution in [2.75, 3.05) is 6.61 Å². The molecule has 6 nitrogen and oxygen atoms in total. The predicted molar refractivity (Wildman–Crippen MR) is 71.5 cm³/mol. The molecule has 104 valence electrons. The van der Waals surface area contributed by atoms with Crippen molar-refractivity contribution in [3.05, 3.63) is 16.8 Å². The summed E-state index contributed by atoms with van der Waals surface area (Å²) < 4.78 is 5.68. The Morgan fingerprint density at radius 1 is 1.37 bits per heavy atom. The number of hydrogen-bond donors (Lipinski definition) is 2. The first-order valence-electron chi connectivity index (χ1n) is 6.70. The molecule has 2 rings (SSSR count). The highest BCUT2D eigenvalue weighted by Gasteiger charge is 2.25. The van der Waals surface area contributed by atoms with Gasteiger partial charge in [0.05, 0.1) is 17.9 Å². The van der Waals surface area contributed by atoms with Crippen LogP contribution in [0.15, 0.2) is 5.16 Å². The number of hydrogen-bond acceptors (Lipinski definition) is 5. The van der Waals surface area contributed by atoms with Crippen LogP contribution < -0.4 is 10.5 Å². The van der Waals surface area contributed by atoms with Crippen LogP contribution in [0.1, 0.15) is 43.5 Å². The molecule has 0 spiro atoms. The highest BCUT2D eigenvalue weighted by molar-refractivity contribution is 6.00. The second-order valence-corrected chi connectivity index (χ2v) is 4.75. The first-order chi connectivity index (χ1) is 9.21. The molecule has 0 atom stereocenters. The molecule has 1 saturated carbocycles. The van der Waals surface area contributed by atoms with Crippen molar-refractivity contribution < 1.29 is 9.94 Å². The number of oxime groups is 1. The van der Waals surface area contributed by atoms with Gasteiger partial charge >= 0.3 is 0 Å². The molecule has 1 aromatic heterocycles. The van der Waals surface area contributed by atoms with Crippen LogP contribution in [0.4, 0.5) is 0 Å². The first kappa shape index (κ1) is 13.6. The summed E-state index contributed by atoms with van der Waals surface area (Å²) in [6, 6.07) is 0. The summed E-state index contributed by atoms with van der Waals surface area (Å²) in [7, 11) is 0. The van der Waals surface area contributed by atoms with E-state index in [0.717, 1.165) is 24.1 Å². The molecular formula is C13H20N4O2. The van der Waals surface area contributed by atoms with Crippen LogP contribution in [0.2, 0.25) is 0 Å². The van der Waals surface area contributed by atoms with E-state index >= 15 is 0 Å². The predicted octanol–water partition coefficient (Wildman–Crippen LogP) is 1.48. The monoisotopic (exact) mass is 264 g/mol. The SMILES string of the molecule is CCc1nnc(OCC2CC2)c(C(N)=NO)c1CC. The van der Waals surface area contributed by atoms with Crippen LogP contribution in [0.5, 0.6) is 5.88 Å². The molecule has 1 fully saturated rings. The lowest BCUT2D eigenvalue weighted by atomic mass is 10.0. The van der Waals surface area contributed by atoms with Gasteiger partial charge in [-0.25, -0.2) is 0 Å². The fourth-order valence-electron chi connectivity index (χ4n) is 2.05. The maximum atomic E-state index is 8.95. The van der Waals surface area contributed by atoms with E-state index in [9.17, 15) is 0 Å². The average Bonchev–Trinajstić information content (AvgIpc) is 3.27. The molecule has 0 aromatic carbocycles. The second kappa shape index (κ2) is 5.86. The lowest BCUT2D eigenvalue weighted by molar-refractivity contribution is 0.282. The van der Waals surface area contributed by atoms with Gasteiger partial charge in [0.25, 0.3) is 0 Å². The minimum absolute atomic E-state index is 0.0345. The van der Waals surface area contributed by atoms with Gasteiger partial charge in [0, 0.05) is 0 Å². The summed E-state index contributed by atoms with van der Waals surface area (Å²) in [4.78, 5) is 0. The van der Waals surface area contributed by atoms with E-state index < -0.39 is 0 Å². The number of amidine groups is 1. The standard InChI is InChI=1S/C13H20N4O2/c1-3-9-10(4-2)15-16-13(11(9)12(14)17-18)19-7-8-5-6-8/h8,18H,3-7H2,1-2H3,(H2,14,17). The van der Waals surface area contributed by atoms with E-state index in [-0.39, 0.29) is 5.84 Å². The quantitative estimate of drug-likeness (QED) is 0.351. The molecule has 6 heteroatoms. The zero-order chi connectivity index (χ0) is 13.8. The molecular weight excluding hydrogens is 244 g/mol. The van der Waals surface area contributed by atoms with Gasteiger partial charge in [0.2, 0.25) is 5.88 Å². The molecule has 0 amide bonds. The van der Waals surface area contributed by atoms with E-state index in [1.807, 2.05) is 13.8 Å². The van der Waals surface area contributed by atoms with Crippen molar-refractivity contribution in [2.45, 2.75) is 39.5 Å². The summed E-state index contributed by atoms with van der Waals surface area (Å²) in [5, 5.41) is 20.3. The summed E-state index contributed by atoms with van der Waals surface area (Å²) >= 11 is 0. The second-order valence-electron chi connectivity index (χ2n) is 4.75. The molecule has 1 aliphatic rings.